The molecule has 1 rings (SSSR count). The highest BCUT2D eigenvalue weighted by Crippen LogP contribution is 2.19. The zero-order valence-electron chi connectivity index (χ0n) is 11.8. The summed E-state index contributed by atoms with van der Waals surface area (Å²) < 4.78 is 0. The molecule has 0 unspecified atom stereocenters. The zero-order chi connectivity index (χ0) is 15.0. The number of rotatable bonds is 5. The second kappa shape index (κ2) is 8.37. The molecule has 1 aromatic heterocycles. The minimum absolute atomic E-state index is 0.0507. The van der Waals surface area contributed by atoms with Crippen molar-refractivity contribution in [2.24, 2.45) is 11.7 Å². The van der Waals surface area contributed by atoms with Crippen LogP contribution in [-0.4, -0.2) is 30.4 Å². The maximum Gasteiger partial charge on any atom is 0.265 e. The summed E-state index contributed by atoms with van der Waals surface area (Å²) in [6.45, 7) is 5.47. The Balaban J connectivity index is 2.94. The van der Waals surface area contributed by atoms with Crippen LogP contribution in [0.3, 0.4) is 0 Å². The van der Waals surface area contributed by atoms with E-state index in [1.54, 1.807) is 4.90 Å². The van der Waals surface area contributed by atoms with Gasteiger partial charge in [0.1, 0.15) is 4.88 Å². The first-order chi connectivity index (χ1) is 9.60. The lowest BCUT2D eigenvalue weighted by Gasteiger charge is -2.23. The molecule has 0 atom stereocenters. The maximum absolute atomic E-state index is 12.6. The van der Waals surface area contributed by atoms with Gasteiger partial charge in [-0.15, -0.1) is 11.3 Å². The molecule has 0 aromatic carbocycles. The van der Waals surface area contributed by atoms with Crippen molar-refractivity contribution in [3.8, 4) is 17.9 Å². The number of hydrogen-bond donors (Lipinski definition) is 1. The predicted octanol–water partition coefficient (Wildman–Crippen LogP) is 2.07. The third-order valence-electron chi connectivity index (χ3n) is 2.55. The largest absolute Gasteiger partial charge is 0.337 e. The fourth-order valence-electron chi connectivity index (χ4n) is 1.76. The van der Waals surface area contributed by atoms with E-state index < -0.39 is 0 Å². The van der Waals surface area contributed by atoms with Crippen LogP contribution in [0, 0.1) is 29.1 Å². The van der Waals surface area contributed by atoms with Gasteiger partial charge < -0.3 is 10.6 Å². The van der Waals surface area contributed by atoms with Gasteiger partial charge in [0.2, 0.25) is 0 Å². The summed E-state index contributed by atoms with van der Waals surface area (Å²) in [4.78, 5) is 14.9. The molecule has 1 heterocycles. The van der Waals surface area contributed by atoms with Crippen LogP contribution in [0.15, 0.2) is 11.4 Å². The molecular formula is C15H19N3OS. The number of nitrogens with zero attached hydrogens (tertiary/aromatic N) is 2. The predicted molar refractivity (Wildman–Crippen MR) is 81.2 cm³/mol. The van der Waals surface area contributed by atoms with Crippen LogP contribution in [-0.2, 0) is 0 Å². The Kier molecular flexibility index (Phi) is 6.79. The molecule has 0 fully saturated rings. The molecule has 5 heteroatoms. The third-order valence-corrected chi connectivity index (χ3v) is 3.45. The van der Waals surface area contributed by atoms with Crippen molar-refractivity contribution in [3.05, 3.63) is 21.9 Å². The summed E-state index contributed by atoms with van der Waals surface area (Å²) in [6, 6.07) is 3.92. The minimum Gasteiger partial charge on any atom is -0.337 e. The molecule has 1 amide bonds. The van der Waals surface area contributed by atoms with E-state index in [1.165, 1.54) is 11.3 Å². The van der Waals surface area contributed by atoms with Crippen molar-refractivity contribution < 1.29 is 4.79 Å². The average molecular weight is 289 g/mol. The zero-order valence-corrected chi connectivity index (χ0v) is 12.7. The smallest absolute Gasteiger partial charge is 0.265 e. The van der Waals surface area contributed by atoms with Gasteiger partial charge in [-0.3, -0.25) is 4.79 Å². The molecule has 0 spiro atoms. The van der Waals surface area contributed by atoms with Gasteiger partial charge in [0, 0.05) is 18.7 Å². The number of nitriles is 1. The van der Waals surface area contributed by atoms with Crippen LogP contribution >= 0.6 is 11.3 Å². The molecule has 0 aliphatic carbocycles. The van der Waals surface area contributed by atoms with E-state index in [-0.39, 0.29) is 12.5 Å². The summed E-state index contributed by atoms with van der Waals surface area (Å²) in [5.74, 6) is 6.00. The van der Waals surface area contributed by atoms with E-state index >= 15 is 0 Å². The van der Waals surface area contributed by atoms with E-state index in [0.29, 0.717) is 30.3 Å². The fourth-order valence-corrected chi connectivity index (χ4v) is 2.58. The highest BCUT2D eigenvalue weighted by molar-refractivity contribution is 7.12. The van der Waals surface area contributed by atoms with Gasteiger partial charge in [-0.05, 0) is 17.4 Å². The van der Waals surface area contributed by atoms with Crippen LogP contribution < -0.4 is 5.73 Å². The van der Waals surface area contributed by atoms with Crippen molar-refractivity contribution >= 4 is 17.2 Å². The van der Waals surface area contributed by atoms with E-state index in [0.717, 1.165) is 5.56 Å². The van der Waals surface area contributed by atoms with Crippen LogP contribution in [0.1, 0.15) is 35.5 Å². The Bertz CT molecular complexity index is 545. The van der Waals surface area contributed by atoms with Crippen molar-refractivity contribution in [2.75, 3.05) is 19.6 Å². The molecule has 0 aliphatic rings. The minimum atomic E-state index is -0.0507. The second-order valence-corrected chi connectivity index (χ2v) is 5.64. The Morgan fingerprint density at radius 3 is 2.90 bits per heavy atom. The van der Waals surface area contributed by atoms with Crippen LogP contribution in [0.2, 0.25) is 0 Å². The molecule has 4 nitrogen and oxygen atoms in total. The number of thiophene rings is 1. The maximum atomic E-state index is 12.6. The molecule has 1 aromatic rings. The topological polar surface area (TPSA) is 70.1 Å². The summed E-state index contributed by atoms with van der Waals surface area (Å²) in [6.07, 6.45) is 0.341. The molecule has 0 saturated carbocycles. The van der Waals surface area contributed by atoms with Gasteiger partial charge in [0.15, 0.2) is 0 Å². The van der Waals surface area contributed by atoms with Crippen molar-refractivity contribution in [1.29, 1.82) is 5.26 Å². The molecule has 0 bridgehead atoms. The van der Waals surface area contributed by atoms with Crippen LogP contribution in [0.25, 0.3) is 0 Å². The Morgan fingerprint density at radius 2 is 2.30 bits per heavy atom. The summed E-state index contributed by atoms with van der Waals surface area (Å²) in [5.41, 5.74) is 6.08. The molecular weight excluding hydrogens is 270 g/mol. The monoisotopic (exact) mass is 289 g/mol. The average Bonchev–Trinajstić information content (AvgIpc) is 2.88. The standard InChI is InChI=1S/C15H19N3OS/c1-12(2)11-18(9-4-8-17)15(19)14-13(5-3-7-16)6-10-20-14/h6,10,12H,4,7,9,11,16H2,1-2H3. The van der Waals surface area contributed by atoms with Crippen molar-refractivity contribution in [3.63, 3.8) is 0 Å². The molecule has 20 heavy (non-hydrogen) atoms. The number of amides is 1. The van der Waals surface area contributed by atoms with Gasteiger partial charge in [-0.1, -0.05) is 25.7 Å². The Morgan fingerprint density at radius 1 is 1.55 bits per heavy atom. The lowest BCUT2D eigenvalue weighted by Crippen LogP contribution is -2.34. The summed E-state index contributed by atoms with van der Waals surface area (Å²) >= 11 is 1.38. The SMILES string of the molecule is CC(C)CN(CCC#N)C(=O)c1sccc1C#CCN. The van der Waals surface area contributed by atoms with Crippen molar-refractivity contribution in [1.82, 2.24) is 4.90 Å². The van der Waals surface area contributed by atoms with Gasteiger partial charge in [0.05, 0.1) is 19.0 Å². The van der Waals surface area contributed by atoms with Crippen LogP contribution in [0.4, 0.5) is 0 Å². The molecule has 0 aliphatic heterocycles. The number of nitrogens with two attached hydrogens (primary N) is 1. The van der Waals surface area contributed by atoms with E-state index in [9.17, 15) is 4.79 Å². The van der Waals surface area contributed by atoms with Gasteiger partial charge >= 0.3 is 0 Å². The molecule has 106 valence electrons. The van der Waals surface area contributed by atoms with Crippen molar-refractivity contribution in [2.45, 2.75) is 20.3 Å². The van der Waals surface area contributed by atoms with Gasteiger partial charge in [0.25, 0.3) is 5.91 Å². The van der Waals surface area contributed by atoms with Crippen LogP contribution in [0.5, 0.6) is 0 Å². The lowest BCUT2D eigenvalue weighted by atomic mass is 10.1. The first kappa shape index (κ1) is 16.2. The summed E-state index contributed by atoms with van der Waals surface area (Å²) in [5, 5.41) is 10.6. The van der Waals surface area contributed by atoms with E-state index in [1.807, 2.05) is 11.4 Å². The van der Waals surface area contributed by atoms with E-state index in [4.69, 9.17) is 11.0 Å². The highest BCUT2D eigenvalue weighted by Gasteiger charge is 2.20. The molecule has 0 saturated heterocycles. The normalized spacial score (nSPS) is 9.75. The van der Waals surface area contributed by atoms with E-state index in [2.05, 4.69) is 31.8 Å². The number of carbonyl (C=O) groups excluding carboxylic acids is 1. The lowest BCUT2D eigenvalue weighted by molar-refractivity contribution is 0.0744. The first-order valence-electron chi connectivity index (χ1n) is 6.52. The highest BCUT2D eigenvalue weighted by atomic mass is 32.1. The van der Waals surface area contributed by atoms with Gasteiger partial charge in [-0.25, -0.2) is 0 Å². The number of hydrogen-bond acceptors (Lipinski definition) is 4. The Labute approximate surface area is 124 Å². The third kappa shape index (κ3) is 4.70. The summed E-state index contributed by atoms with van der Waals surface area (Å²) in [7, 11) is 0. The Hall–Kier alpha value is -1.82. The quantitative estimate of drug-likeness (QED) is 0.844. The fraction of sp³-hybridized carbons (Fsp3) is 0.467. The number of carbonyl (C=O) groups is 1. The van der Waals surface area contributed by atoms with Gasteiger partial charge in [-0.2, -0.15) is 5.26 Å². The molecule has 0 radical (unpaired) electrons. The second-order valence-electron chi connectivity index (χ2n) is 4.72. The first-order valence-corrected chi connectivity index (χ1v) is 7.40. The molecule has 2 N–H and O–H groups in total.